The zero-order valence-corrected chi connectivity index (χ0v) is 11.7. The zero-order valence-electron chi connectivity index (χ0n) is 10.9. The molecule has 0 aliphatic carbocycles. The van der Waals surface area contributed by atoms with Crippen molar-refractivity contribution in [3.63, 3.8) is 0 Å². The van der Waals surface area contributed by atoms with Gasteiger partial charge in [-0.15, -0.1) is 0 Å². The normalized spacial score (nSPS) is 12.3. The van der Waals surface area contributed by atoms with E-state index in [1.54, 1.807) is 23.5 Å². The number of rotatable bonds is 5. The lowest BCUT2D eigenvalue weighted by molar-refractivity contribution is -0.385. The summed E-state index contributed by atoms with van der Waals surface area (Å²) in [6, 6.07) is 7.03. The van der Waals surface area contributed by atoms with Crippen LogP contribution in [0.15, 0.2) is 35.0 Å². The number of nitrogens with zero attached hydrogens (tertiary/aromatic N) is 1. The fraction of sp³-hybridized carbons (Fsp3) is 0.286. The van der Waals surface area contributed by atoms with E-state index < -0.39 is 0 Å². The van der Waals surface area contributed by atoms with Gasteiger partial charge in [0.2, 0.25) is 0 Å². The van der Waals surface area contributed by atoms with Crippen LogP contribution < -0.4 is 5.32 Å². The average Bonchev–Trinajstić information content (AvgIpc) is 2.82. The quantitative estimate of drug-likeness (QED) is 0.672. The van der Waals surface area contributed by atoms with Crippen molar-refractivity contribution in [2.24, 2.45) is 0 Å². The van der Waals surface area contributed by atoms with Gasteiger partial charge in [0.05, 0.1) is 4.92 Å². The number of nitro benzene ring substituents is 1. The van der Waals surface area contributed by atoms with Crippen molar-refractivity contribution in [1.29, 1.82) is 0 Å². The van der Waals surface area contributed by atoms with Crippen LogP contribution in [0.4, 0.5) is 5.69 Å². The van der Waals surface area contributed by atoms with Crippen molar-refractivity contribution >= 4 is 17.0 Å². The number of nitro groups is 1. The van der Waals surface area contributed by atoms with E-state index in [2.05, 4.69) is 23.0 Å². The Kier molecular flexibility index (Phi) is 4.29. The first-order valence-electron chi connectivity index (χ1n) is 6.05. The summed E-state index contributed by atoms with van der Waals surface area (Å²) < 4.78 is 0. The fourth-order valence-corrected chi connectivity index (χ4v) is 3.08. The lowest BCUT2D eigenvalue weighted by atomic mass is 9.98. The van der Waals surface area contributed by atoms with Crippen LogP contribution in [0.2, 0.25) is 0 Å². The molecule has 1 aromatic heterocycles. The Morgan fingerprint density at radius 2 is 2.11 bits per heavy atom. The summed E-state index contributed by atoms with van der Waals surface area (Å²) in [6.45, 7) is 2.07. The summed E-state index contributed by atoms with van der Waals surface area (Å²) in [5.41, 5.74) is 3.39. The molecule has 0 saturated carbocycles. The average molecular weight is 276 g/mol. The third-order valence-electron chi connectivity index (χ3n) is 3.23. The van der Waals surface area contributed by atoms with E-state index in [1.165, 1.54) is 11.1 Å². The smallest absolute Gasteiger partial charge is 0.272 e. The van der Waals surface area contributed by atoms with Crippen LogP contribution in [0.5, 0.6) is 0 Å². The van der Waals surface area contributed by atoms with Crippen molar-refractivity contribution in [2.45, 2.75) is 19.4 Å². The Balaban J connectivity index is 2.29. The van der Waals surface area contributed by atoms with Crippen LogP contribution in [0.1, 0.15) is 22.7 Å². The molecule has 2 rings (SSSR count). The van der Waals surface area contributed by atoms with Crippen LogP contribution in [0, 0.1) is 17.0 Å². The maximum absolute atomic E-state index is 11.0. The highest BCUT2D eigenvalue weighted by Crippen LogP contribution is 2.28. The first kappa shape index (κ1) is 13.7. The van der Waals surface area contributed by atoms with Gasteiger partial charge in [-0.25, -0.2) is 0 Å². The monoisotopic (exact) mass is 276 g/mol. The van der Waals surface area contributed by atoms with Crippen molar-refractivity contribution < 1.29 is 4.92 Å². The highest BCUT2D eigenvalue weighted by Gasteiger charge is 2.19. The SMILES string of the molecule is CNC(Cc1ccccc1[N+](=O)[O-])c1cscc1C. The highest BCUT2D eigenvalue weighted by molar-refractivity contribution is 7.08. The molecule has 0 aliphatic heterocycles. The van der Waals surface area contributed by atoms with Gasteiger partial charge in [-0.1, -0.05) is 18.2 Å². The van der Waals surface area contributed by atoms with Crippen LogP contribution in [0.25, 0.3) is 0 Å². The third-order valence-corrected chi connectivity index (χ3v) is 4.11. The lowest BCUT2D eigenvalue weighted by Gasteiger charge is -2.16. The molecule has 0 bridgehead atoms. The molecule has 19 heavy (non-hydrogen) atoms. The summed E-state index contributed by atoms with van der Waals surface area (Å²) >= 11 is 1.66. The molecule has 1 aromatic carbocycles. The molecule has 1 unspecified atom stereocenters. The molecule has 5 heteroatoms. The Morgan fingerprint density at radius 1 is 1.37 bits per heavy atom. The number of para-hydroxylation sites is 1. The topological polar surface area (TPSA) is 55.2 Å². The Bertz CT molecular complexity index is 580. The predicted molar refractivity (Wildman–Crippen MR) is 77.7 cm³/mol. The largest absolute Gasteiger partial charge is 0.313 e. The molecule has 0 radical (unpaired) electrons. The fourth-order valence-electron chi connectivity index (χ4n) is 2.18. The molecule has 0 saturated heterocycles. The van der Waals surface area contributed by atoms with Gasteiger partial charge in [0, 0.05) is 17.7 Å². The molecule has 1 heterocycles. The molecule has 1 N–H and O–H groups in total. The summed E-state index contributed by atoms with van der Waals surface area (Å²) in [7, 11) is 1.89. The summed E-state index contributed by atoms with van der Waals surface area (Å²) in [6.07, 6.45) is 0.616. The number of aryl methyl sites for hydroxylation is 1. The molecule has 100 valence electrons. The minimum atomic E-state index is -0.317. The van der Waals surface area contributed by atoms with Crippen molar-refractivity contribution in [2.75, 3.05) is 7.05 Å². The lowest BCUT2D eigenvalue weighted by Crippen LogP contribution is -2.19. The first-order chi connectivity index (χ1) is 9.13. The molecule has 2 aromatic rings. The molecule has 4 nitrogen and oxygen atoms in total. The van der Waals surface area contributed by atoms with E-state index in [0.29, 0.717) is 6.42 Å². The molecule has 0 spiro atoms. The molecule has 0 aliphatic rings. The van der Waals surface area contributed by atoms with Crippen LogP contribution >= 0.6 is 11.3 Å². The van der Waals surface area contributed by atoms with Gasteiger partial charge in [0.25, 0.3) is 5.69 Å². The van der Waals surface area contributed by atoms with Crippen LogP contribution in [0.3, 0.4) is 0 Å². The van der Waals surface area contributed by atoms with Crippen molar-refractivity contribution in [1.82, 2.24) is 5.32 Å². The highest BCUT2D eigenvalue weighted by atomic mass is 32.1. The molecular formula is C14H16N2O2S. The van der Waals surface area contributed by atoms with Gasteiger partial charge < -0.3 is 5.32 Å². The summed E-state index contributed by atoms with van der Waals surface area (Å²) in [5.74, 6) is 0. The maximum Gasteiger partial charge on any atom is 0.272 e. The summed E-state index contributed by atoms with van der Waals surface area (Å²) in [5, 5.41) is 18.5. The van der Waals surface area contributed by atoms with Crippen LogP contribution in [-0.4, -0.2) is 12.0 Å². The number of thiophene rings is 1. The Labute approximate surface area is 116 Å². The van der Waals surface area contributed by atoms with Gasteiger partial charge in [0.1, 0.15) is 0 Å². The third kappa shape index (κ3) is 3.00. The van der Waals surface area contributed by atoms with E-state index in [1.807, 2.05) is 19.2 Å². The second kappa shape index (κ2) is 5.95. The molecule has 0 fully saturated rings. The molecule has 1 atom stereocenters. The first-order valence-corrected chi connectivity index (χ1v) is 7.00. The number of nitrogens with one attached hydrogen (secondary N) is 1. The van der Waals surface area contributed by atoms with Crippen molar-refractivity contribution in [3.8, 4) is 0 Å². The second-order valence-corrected chi connectivity index (χ2v) is 5.18. The summed E-state index contributed by atoms with van der Waals surface area (Å²) in [4.78, 5) is 10.7. The van der Waals surface area contributed by atoms with Gasteiger partial charge in [-0.2, -0.15) is 11.3 Å². The minimum Gasteiger partial charge on any atom is -0.313 e. The van der Waals surface area contributed by atoms with Crippen molar-refractivity contribution in [3.05, 3.63) is 61.8 Å². The van der Waals surface area contributed by atoms with Gasteiger partial charge in [-0.05, 0) is 42.3 Å². The van der Waals surface area contributed by atoms with E-state index in [4.69, 9.17) is 0 Å². The molecular weight excluding hydrogens is 260 g/mol. The van der Waals surface area contributed by atoms with E-state index >= 15 is 0 Å². The van der Waals surface area contributed by atoms with Gasteiger partial charge in [0.15, 0.2) is 0 Å². The van der Waals surface area contributed by atoms with Crippen LogP contribution in [-0.2, 0) is 6.42 Å². The van der Waals surface area contributed by atoms with E-state index in [9.17, 15) is 10.1 Å². The molecule has 0 amide bonds. The number of likely N-dealkylation sites (N-methyl/N-ethyl adjacent to an activating group) is 1. The van der Waals surface area contributed by atoms with Gasteiger partial charge >= 0.3 is 0 Å². The maximum atomic E-state index is 11.0. The number of benzene rings is 1. The zero-order chi connectivity index (χ0) is 13.8. The van der Waals surface area contributed by atoms with E-state index in [0.717, 1.165) is 5.56 Å². The van der Waals surface area contributed by atoms with E-state index in [-0.39, 0.29) is 16.7 Å². The Morgan fingerprint density at radius 3 is 2.68 bits per heavy atom. The van der Waals surface area contributed by atoms with Gasteiger partial charge in [-0.3, -0.25) is 10.1 Å². The Hall–Kier alpha value is -1.72. The predicted octanol–water partition coefficient (Wildman–Crippen LogP) is 3.47. The number of hydrogen-bond donors (Lipinski definition) is 1. The second-order valence-electron chi connectivity index (χ2n) is 4.44. The standard InChI is InChI=1S/C14H16N2O2S/c1-10-8-19-9-12(10)13(15-2)7-11-5-3-4-6-14(11)16(17)18/h3-6,8-9,13,15H,7H2,1-2H3. The minimum absolute atomic E-state index is 0.104. The number of hydrogen-bond acceptors (Lipinski definition) is 4.